The molecule has 3 aromatic rings. The van der Waals surface area contributed by atoms with Crippen LogP contribution in [0.25, 0.3) is 21.7 Å². The van der Waals surface area contributed by atoms with Crippen molar-refractivity contribution in [3.63, 3.8) is 0 Å². The van der Waals surface area contributed by atoms with E-state index in [-0.39, 0.29) is 11.3 Å². The number of fused-ring (bicyclic) bond motifs is 3. The van der Waals surface area contributed by atoms with Crippen molar-refractivity contribution in [1.82, 2.24) is 0 Å². The number of rotatable bonds is 1. The molecule has 0 unspecified atom stereocenters. The highest BCUT2D eigenvalue weighted by molar-refractivity contribution is 6.05. The van der Waals surface area contributed by atoms with Gasteiger partial charge in [0.15, 0.2) is 5.78 Å². The lowest BCUT2D eigenvalue weighted by atomic mass is 10.1. The van der Waals surface area contributed by atoms with E-state index in [1.54, 1.807) is 6.07 Å². The highest BCUT2D eigenvalue weighted by atomic mass is 16.4. The molecule has 3 nitrogen and oxygen atoms in total. The predicted octanol–water partition coefficient (Wildman–Crippen LogP) is 4.57. The van der Waals surface area contributed by atoms with Crippen LogP contribution in [0.3, 0.4) is 0 Å². The van der Waals surface area contributed by atoms with Crippen LogP contribution in [0, 0.1) is 0 Å². The highest BCUT2D eigenvalue weighted by Crippen LogP contribution is 2.24. The van der Waals surface area contributed by atoms with Crippen LogP contribution in [-0.2, 0) is 0 Å². The molecule has 0 spiro atoms. The van der Waals surface area contributed by atoms with Crippen molar-refractivity contribution < 1.29 is 9.21 Å². The Morgan fingerprint density at radius 1 is 1.05 bits per heavy atom. The largest absolute Gasteiger partial charge is 0.422 e. The smallest absolute Gasteiger partial charge is 0.347 e. The van der Waals surface area contributed by atoms with Crippen molar-refractivity contribution in [3.8, 4) is 0 Å². The number of benzene rings is 2. The van der Waals surface area contributed by atoms with Gasteiger partial charge in [-0.1, -0.05) is 56.7 Å². The van der Waals surface area contributed by atoms with Gasteiger partial charge in [0.2, 0.25) is 0 Å². The lowest BCUT2D eigenvalue weighted by molar-refractivity contribution is 0.101. The molecule has 0 bridgehead atoms. The Labute approximate surface area is 123 Å². The summed E-state index contributed by atoms with van der Waals surface area (Å²) in [4.78, 5) is 23.0. The summed E-state index contributed by atoms with van der Waals surface area (Å²) in [6.45, 7) is 5.61. The molecule has 2 aromatic carbocycles. The summed E-state index contributed by atoms with van der Waals surface area (Å²) in [6, 6.07) is 13.1. The standard InChI is InChI=1S/C15H10O3.C3H8/c1-9(16)13-8-11-7-6-10-4-2-3-5-12(10)14(11)18-15(13)17;1-3-2/h2-8H,1H3;3H2,1-2H3. The van der Waals surface area contributed by atoms with Crippen LogP contribution < -0.4 is 5.63 Å². The van der Waals surface area contributed by atoms with Gasteiger partial charge in [-0.15, -0.1) is 0 Å². The molecule has 0 amide bonds. The van der Waals surface area contributed by atoms with Crippen molar-refractivity contribution in [1.29, 1.82) is 0 Å². The summed E-state index contributed by atoms with van der Waals surface area (Å²) in [6.07, 6.45) is 1.25. The van der Waals surface area contributed by atoms with Crippen LogP contribution in [0.1, 0.15) is 37.6 Å². The van der Waals surface area contributed by atoms with Crippen LogP contribution in [0.15, 0.2) is 51.7 Å². The summed E-state index contributed by atoms with van der Waals surface area (Å²) in [5.74, 6) is -0.279. The third-order valence-corrected chi connectivity index (χ3v) is 3.00. The van der Waals surface area contributed by atoms with Gasteiger partial charge < -0.3 is 4.42 Å². The van der Waals surface area contributed by atoms with E-state index >= 15 is 0 Å². The summed E-state index contributed by atoms with van der Waals surface area (Å²) < 4.78 is 5.29. The number of ketones is 1. The molecule has 0 saturated carbocycles. The molecule has 0 aliphatic rings. The van der Waals surface area contributed by atoms with Gasteiger partial charge in [-0.2, -0.15) is 0 Å². The van der Waals surface area contributed by atoms with Crippen molar-refractivity contribution in [2.75, 3.05) is 0 Å². The van der Waals surface area contributed by atoms with Gasteiger partial charge in [-0.05, 0) is 18.4 Å². The Bertz CT molecular complexity index is 844. The maximum absolute atomic E-state index is 11.7. The van der Waals surface area contributed by atoms with E-state index in [9.17, 15) is 9.59 Å². The molecule has 1 heterocycles. The van der Waals surface area contributed by atoms with Gasteiger partial charge in [0.05, 0.1) is 0 Å². The van der Waals surface area contributed by atoms with E-state index in [2.05, 4.69) is 13.8 Å². The van der Waals surface area contributed by atoms with Gasteiger partial charge >= 0.3 is 5.63 Å². The Balaban J connectivity index is 0.000000497. The van der Waals surface area contributed by atoms with Gasteiger partial charge in [-0.3, -0.25) is 4.79 Å². The molecule has 0 aliphatic heterocycles. The minimum Gasteiger partial charge on any atom is -0.422 e. The first-order valence-electron chi connectivity index (χ1n) is 7.05. The summed E-state index contributed by atoms with van der Waals surface area (Å²) in [5.41, 5.74) is 0.0484. The zero-order chi connectivity index (χ0) is 15.4. The van der Waals surface area contributed by atoms with E-state index in [1.807, 2.05) is 36.4 Å². The average molecular weight is 282 g/mol. The first-order valence-corrected chi connectivity index (χ1v) is 7.05. The second kappa shape index (κ2) is 6.35. The van der Waals surface area contributed by atoms with Crippen molar-refractivity contribution in [2.24, 2.45) is 0 Å². The van der Waals surface area contributed by atoms with Crippen LogP contribution in [0.4, 0.5) is 0 Å². The first kappa shape index (κ1) is 15.0. The third-order valence-electron chi connectivity index (χ3n) is 3.00. The lowest BCUT2D eigenvalue weighted by Crippen LogP contribution is -2.10. The lowest BCUT2D eigenvalue weighted by Gasteiger charge is -2.03. The van der Waals surface area contributed by atoms with E-state index < -0.39 is 5.63 Å². The molecule has 0 radical (unpaired) electrons. The van der Waals surface area contributed by atoms with E-state index in [1.165, 1.54) is 13.3 Å². The van der Waals surface area contributed by atoms with E-state index in [4.69, 9.17) is 4.42 Å². The Morgan fingerprint density at radius 3 is 2.33 bits per heavy atom. The summed E-state index contributed by atoms with van der Waals surface area (Å²) in [7, 11) is 0. The van der Waals surface area contributed by atoms with Crippen molar-refractivity contribution in [2.45, 2.75) is 27.2 Å². The molecular formula is C18H18O3. The molecule has 0 atom stereocenters. The number of carbonyl (C=O) groups excluding carboxylic acids is 1. The fraction of sp³-hybridized carbons (Fsp3) is 0.222. The second-order valence-corrected chi connectivity index (χ2v) is 4.92. The Morgan fingerprint density at radius 2 is 1.67 bits per heavy atom. The fourth-order valence-electron chi connectivity index (χ4n) is 2.09. The molecular weight excluding hydrogens is 264 g/mol. The van der Waals surface area contributed by atoms with Crippen LogP contribution >= 0.6 is 0 Å². The van der Waals surface area contributed by atoms with Crippen LogP contribution in [0.5, 0.6) is 0 Å². The third kappa shape index (κ3) is 3.02. The quantitative estimate of drug-likeness (QED) is 0.373. The number of Topliss-reactive ketones (excluding diaryl/α,β-unsaturated/α-hetero) is 1. The monoisotopic (exact) mass is 282 g/mol. The normalized spacial score (nSPS) is 10.2. The Hall–Kier alpha value is -2.42. The molecule has 0 N–H and O–H groups in total. The zero-order valence-electron chi connectivity index (χ0n) is 12.5. The maximum Gasteiger partial charge on any atom is 0.347 e. The zero-order valence-corrected chi connectivity index (χ0v) is 12.5. The minimum absolute atomic E-state index is 0.0952. The van der Waals surface area contributed by atoms with Gasteiger partial charge in [0.25, 0.3) is 0 Å². The van der Waals surface area contributed by atoms with Gasteiger partial charge in [-0.25, -0.2) is 4.79 Å². The summed E-state index contributed by atoms with van der Waals surface area (Å²) >= 11 is 0. The molecule has 0 saturated heterocycles. The summed E-state index contributed by atoms with van der Waals surface area (Å²) in [5, 5.41) is 2.64. The molecule has 0 aliphatic carbocycles. The minimum atomic E-state index is -0.577. The highest BCUT2D eigenvalue weighted by Gasteiger charge is 2.10. The van der Waals surface area contributed by atoms with E-state index in [0.717, 1.165) is 16.2 Å². The number of hydrogen-bond donors (Lipinski definition) is 0. The van der Waals surface area contributed by atoms with E-state index in [0.29, 0.717) is 5.58 Å². The molecule has 3 heteroatoms. The fourth-order valence-corrected chi connectivity index (χ4v) is 2.09. The SMILES string of the molecule is CC(=O)c1cc2ccc3ccccc3c2oc1=O.CCC. The average Bonchev–Trinajstić information content (AvgIpc) is 2.47. The van der Waals surface area contributed by atoms with Crippen molar-refractivity contribution in [3.05, 3.63) is 58.4 Å². The Kier molecular flexibility index (Phi) is 4.53. The maximum atomic E-state index is 11.7. The molecule has 0 fully saturated rings. The predicted molar refractivity (Wildman–Crippen MR) is 86.0 cm³/mol. The first-order chi connectivity index (χ1) is 10.1. The molecule has 21 heavy (non-hydrogen) atoms. The topological polar surface area (TPSA) is 47.3 Å². The van der Waals surface area contributed by atoms with Crippen LogP contribution in [-0.4, -0.2) is 5.78 Å². The second-order valence-electron chi connectivity index (χ2n) is 4.92. The number of carbonyl (C=O) groups is 1. The van der Waals surface area contributed by atoms with Gasteiger partial charge in [0.1, 0.15) is 11.1 Å². The molecule has 108 valence electrons. The molecule has 1 aromatic heterocycles. The van der Waals surface area contributed by atoms with Crippen molar-refractivity contribution >= 4 is 27.5 Å². The van der Waals surface area contributed by atoms with Crippen LogP contribution in [0.2, 0.25) is 0 Å². The molecule has 3 rings (SSSR count). The van der Waals surface area contributed by atoms with Gasteiger partial charge in [0, 0.05) is 10.8 Å². The number of hydrogen-bond acceptors (Lipinski definition) is 3.